The first-order valence-corrected chi connectivity index (χ1v) is 13.2. The van der Waals surface area contributed by atoms with E-state index >= 15 is 0 Å². The number of amides is 2. The summed E-state index contributed by atoms with van der Waals surface area (Å²) in [5, 5.41) is 20.2. The van der Waals surface area contributed by atoms with Gasteiger partial charge in [0.25, 0.3) is 0 Å². The molecule has 10 heteroatoms. The van der Waals surface area contributed by atoms with Crippen LogP contribution in [0, 0.1) is 5.92 Å². The molecular formula is C28H41N5O5. The zero-order chi connectivity index (χ0) is 28.1. The van der Waals surface area contributed by atoms with Gasteiger partial charge in [0.05, 0.1) is 18.7 Å². The Bertz CT molecular complexity index is 1040. The Morgan fingerprint density at radius 1 is 1.29 bits per heavy atom. The van der Waals surface area contributed by atoms with Gasteiger partial charge >= 0.3 is 5.97 Å². The predicted molar refractivity (Wildman–Crippen MR) is 146 cm³/mol. The number of aldehydes is 1. The number of para-hydroxylation sites is 1. The molecule has 4 N–H and O–H groups in total. The number of rotatable bonds is 14. The highest BCUT2D eigenvalue weighted by Gasteiger charge is 2.25. The van der Waals surface area contributed by atoms with Crippen LogP contribution in [0.3, 0.4) is 0 Å². The van der Waals surface area contributed by atoms with Crippen molar-refractivity contribution in [2.45, 2.75) is 83.8 Å². The smallest absolute Gasteiger partial charge is 0.305 e. The fourth-order valence-electron chi connectivity index (χ4n) is 4.52. The molecule has 1 aromatic carbocycles. The van der Waals surface area contributed by atoms with Crippen molar-refractivity contribution in [1.29, 1.82) is 0 Å². The second-order valence-electron chi connectivity index (χ2n) is 10.0. The Morgan fingerprint density at radius 2 is 2.05 bits per heavy atom. The number of aryl methyl sites for hydroxylation is 1. The van der Waals surface area contributed by atoms with Crippen molar-refractivity contribution in [2.24, 2.45) is 5.92 Å². The Kier molecular flexibility index (Phi) is 12.5. The average Bonchev–Trinajstić information content (AvgIpc) is 3.49. The van der Waals surface area contributed by atoms with Crippen LogP contribution in [0.25, 0.3) is 0 Å². The second kappa shape index (κ2) is 15.5. The third-order valence-corrected chi connectivity index (χ3v) is 6.96. The molecule has 208 valence electrons. The van der Waals surface area contributed by atoms with Gasteiger partial charge in [0.2, 0.25) is 12.3 Å². The molecule has 2 aromatic rings. The van der Waals surface area contributed by atoms with E-state index in [2.05, 4.69) is 71.7 Å². The summed E-state index contributed by atoms with van der Waals surface area (Å²) in [7, 11) is 2.13. The number of likely N-dealkylation sites (N-methyl/N-ethyl adjacent to an activating group) is 1. The normalized spacial score (nSPS) is 16.3. The number of H-pyrrole nitrogens is 1. The Labute approximate surface area is 224 Å². The molecule has 3 rings (SSSR count). The van der Waals surface area contributed by atoms with Crippen LogP contribution in [0.2, 0.25) is 0 Å². The van der Waals surface area contributed by atoms with Gasteiger partial charge in [-0.15, -0.1) is 0 Å². The first-order chi connectivity index (χ1) is 18.2. The van der Waals surface area contributed by atoms with Gasteiger partial charge in [-0.3, -0.25) is 19.5 Å². The van der Waals surface area contributed by atoms with E-state index in [0.29, 0.717) is 37.6 Å². The van der Waals surface area contributed by atoms with E-state index in [0.717, 1.165) is 31.1 Å². The number of nitrogens with one attached hydrogen (secondary N) is 3. The number of hydrogen-bond donors (Lipinski definition) is 4. The number of carboxylic acid groups (broad SMARTS) is 1. The number of fused-ring (bicyclic) bond motifs is 1. The summed E-state index contributed by atoms with van der Waals surface area (Å²) in [6.45, 7) is 6.36. The van der Waals surface area contributed by atoms with Gasteiger partial charge in [-0.05, 0) is 55.2 Å². The van der Waals surface area contributed by atoms with E-state index in [1.165, 1.54) is 16.8 Å². The van der Waals surface area contributed by atoms with E-state index in [-0.39, 0.29) is 18.4 Å². The van der Waals surface area contributed by atoms with Crippen molar-refractivity contribution < 1.29 is 24.3 Å². The lowest BCUT2D eigenvalue weighted by Crippen LogP contribution is -2.37. The van der Waals surface area contributed by atoms with Gasteiger partial charge < -0.3 is 25.4 Å². The summed E-state index contributed by atoms with van der Waals surface area (Å²) in [5.74, 6) is -0.608. The summed E-state index contributed by atoms with van der Waals surface area (Å²) in [6, 6.07) is 6.14. The van der Waals surface area contributed by atoms with Crippen LogP contribution < -0.4 is 15.5 Å². The van der Waals surface area contributed by atoms with Crippen molar-refractivity contribution in [1.82, 2.24) is 20.8 Å². The minimum absolute atomic E-state index is 0.0227. The first-order valence-electron chi connectivity index (χ1n) is 13.2. The van der Waals surface area contributed by atoms with E-state index in [4.69, 9.17) is 5.11 Å². The first kappa shape index (κ1) is 30.5. The zero-order valence-electron chi connectivity index (χ0n) is 22.8. The molecule has 0 spiro atoms. The van der Waals surface area contributed by atoms with Crippen LogP contribution in [0.4, 0.5) is 5.69 Å². The Morgan fingerprint density at radius 3 is 2.66 bits per heavy atom. The molecule has 0 bridgehead atoms. The molecule has 2 amide bonds. The molecule has 0 radical (unpaired) electrons. The molecule has 4 atom stereocenters. The summed E-state index contributed by atoms with van der Waals surface area (Å²) in [6.07, 6.45) is 8.98. The molecule has 10 nitrogen and oxygen atoms in total. The Hall–Kier alpha value is -3.69. The van der Waals surface area contributed by atoms with Crippen molar-refractivity contribution in [3.8, 4) is 0 Å². The summed E-state index contributed by atoms with van der Waals surface area (Å²) < 4.78 is 0. The fraction of sp³-hybridized carbons (Fsp3) is 0.536. The molecule has 0 saturated carbocycles. The summed E-state index contributed by atoms with van der Waals surface area (Å²) in [5.41, 5.74) is 4.82. The maximum atomic E-state index is 12.0. The van der Waals surface area contributed by atoms with E-state index in [1.807, 2.05) is 0 Å². The van der Waals surface area contributed by atoms with Gasteiger partial charge in [-0.1, -0.05) is 38.5 Å². The minimum Gasteiger partial charge on any atom is -0.481 e. The number of anilines is 1. The molecule has 4 unspecified atom stereocenters. The largest absolute Gasteiger partial charge is 0.481 e. The molecule has 0 fully saturated rings. The fourth-order valence-corrected chi connectivity index (χ4v) is 4.52. The molecule has 0 aliphatic carbocycles. The van der Waals surface area contributed by atoms with Crippen LogP contribution in [0.1, 0.15) is 63.1 Å². The lowest BCUT2D eigenvalue weighted by Gasteiger charge is -2.22. The van der Waals surface area contributed by atoms with Crippen LogP contribution in [0.5, 0.6) is 0 Å². The van der Waals surface area contributed by atoms with Gasteiger partial charge in [0, 0.05) is 37.4 Å². The number of carboxylic acids is 1. The van der Waals surface area contributed by atoms with Gasteiger partial charge in [0.15, 0.2) is 0 Å². The van der Waals surface area contributed by atoms with Gasteiger partial charge in [-0.25, -0.2) is 0 Å². The van der Waals surface area contributed by atoms with Crippen molar-refractivity contribution in [2.75, 3.05) is 11.9 Å². The van der Waals surface area contributed by atoms with Crippen LogP contribution >= 0.6 is 0 Å². The maximum absolute atomic E-state index is 12.0. The molecule has 1 aromatic heterocycles. The standard InChI is InChI=1S/C20H30N2O2.C8H11N3O3/c1-5-14(2)11-19(24)21-18(13-23)10-9-16-7-6-8-17-12-15(3)22(4)20(16)17;12-5-9-7(2-8(13)14)1-6-3-10-11-4-6/h6-8,13-15,18H,5,9-12H2,1-4H3,(H,21,24);3-5,7H,1-2H2,(H,9,12)(H,10,11)(H,13,14). The number of aliphatic carboxylic acids is 1. The highest BCUT2D eigenvalue weighted by Crippen LogP contribution is 2.34. The van der Waals surface area contributed by atoms with Crippen molar-refractivity contribution in [3.63, 3.8) is 0 Å². The number of aromatic nitrogens is 2. The molecule has 1 aliphatic heterocycles. The number of aromatic amines is 1. The van der Waals surface area contributed by atoms with E-state index in [9.17, 15) is 19.2 Å². The molecule has 2 heterocycles. The van der Waals surface area contributed by atoms with Crippen molar-refractivity contribution in [3.05, 3.63) is 47.3 Å². The topological polar surface area (TPSA) is 144 Å². The molecule has 38 heavy (non-hydrogen) atoms. The number of benzene rings is 1. The quantitative estimate of drug-likeness (QED) is 0.276. The van der Waals surface area contributed by atoms with Crippen LogP contribution in [0.15, 0.2) is 30.6 Å². The van der Waals surface area contributed by atoms with Crippen LogP contribution in [-0.2, 0) is 38.4 Å². The van der Waals surface area contributed by atoms with Crippen LogP contribution in [-0.4, -0.2) is 65.0 Å². The third-order valence-electron chi connectivity index (χ3n) is 6.96. The third kappa shape index (κ3) is 9.64. The Balaban J connectivity index is 0.000000308. The summed E-state index contributed by atoms with van der Waals surface area (Å²) >= 11 is 0. The lowest BCUT2D eigenvalue weighted by atomic mass is 10.00. The highest BCUT2D eigenvalue weighted by molar-refractivity contribution is 5.79. The minimum atomic E-state index is -0.937. The lowest BCUT2D eigenvalue weighted by molar-refractivity contribution is -0.137. The number of carbonyl (C=O) groups is 4. The summed E-state index contributed by atoms with van der Waals surface area (Å²) in [4.78, 5) is 46.3. The number of carbonyl (C=O) groups excluding carboxylic acids is 3. The molecular weight excluding hydrogens is 486 g/mol. The van der Waals surface area contributed by atoms with Crippen molar-refractivity contribution >= 4 is 30.3 Å². The zero-order valence-corrected chi connectivity index (χ0v) is 22.8. The van der Waals surface area contributed by atoms with E-state index in [1.54, 1.807) is 12.4 Å². The molecule has 1 aliphatic rings. The monoisotopic (exact) mass is 527 g/mol. The molecule has 0 saturated heterocycles. The van der Waals surface area contributed by atoms with Gasteiger partial charge in [-0.2, -0.15) is 5.10 Å². The van der Waals surface area contributed by atoms with Gasteiger partial charge in [0.1, 0.15) is 6.29 Å². The number of hydrogen-bond acceptors (Lipinski definition) is 6. The second-order valence-corrected chi connectivity index (χ2v) is 10.0. The predicted octanol–water partition coefficient (Wildman–Crippen LogP) is 2.66. The highest BCUT2D eigenvalue weighted by atomic mass is 16.4. The SMILES string of the molecule is CCC(C)CC(=O)NC(C=O)CCc1cccc2c1N(C)C(C)C2.O=CNC(CC(=O)O)Cc1cn[nH]c1. The number of nitrogens with zero attached hydrogens (tertiary/aromatic N) is 2. The average molecular weight is 528 g/mol. The van der Waals surface area contributed by atoms with E-state index < -0.39 is 12.0 Å². The maximum Gasteiger partial charge on any atom is 0.305 e.